The van der Waals surface area contributed by atoms with E-state index in [-0.39, 0.29) is 35.3 Å². The van der Waals surface area contributed by atoms with Crippen molar-refractivity contribution < 1.29 is 14.3 Å². The molecule has 6 atom stereocenters. The van der Waals surface area contributed by atoms with Gasteiger partial charge in [-0.05, 0) is 68.6 Å². The molecule has 8 heteroatoms. The van der Waals surface area contributed by atoms with Gasteiger partial charge >= 0.3 is 5.97 Å². The van der Waals surface area contributed by atoms with E-state index in [1.807, 2.05) is 24.3 Å². The Bertz CT molecular complexity index is 745. The second-order valence-corrected chi connectivity index (χ2v) is 9.32. The van der Waals surface area contributed by atoms with Crippen molar-refractivity contribution in [3.05, 3.63) is 34.9 Å². The van der Waals surface area contributed by atoms with E-state index in [1.165, 1.54) is 5.56 Å². The number of hydrazine groups is 1. The zero-order chi connectivity index (χ0) is 20.4. The van der Waals surface area contributed by atoms with Crippen LogP contribution < -0.4 is 16.2 Å². The molecule has 158 valence electrons. The zero-order valence-corrected chi connectivity index (χ0v) is 17.7. The number of piperidine rings is 1. The molecule has 2 heterocycles. The first-order valence-corrected chi connectivity index (χ1v) is 11.2. The smallest absolute Gasteiger partial charge is 0.325 e. The molecule has 0 spiro atoms. The molecule has 2 aliphatic heterocycles. The van der Waals surface area contributed by atoms with Gasteiger partial charge in [0.05, 0.1) is 0 Å². The van der Waals surface area contributed by atoms with Crippen LogP contribution in [0.5, 0.6) is 0 Å². The quantitative estimate of drug-likeness (QED) is 0.485. The van der Waals surface area contributed by atoms with Crippen LogP contribution in [0.4, 0.5) is 0 Å². The van der Waals surface area contributed by atoms with Crippen molar-refractivity contribution in [1.82, 2.24) is 16.2 Å². The van der Waals surface area contributed by atoms with E-state index in [1.54, 1.807) is 0 Å². The summed E-state index contributed by atoms with van der Waals surface area (Å²) in [4.78, 5) is 25.0. The van der Waals surface area contributed by atoms with Crippen LogP contribution in [0.25, 0.3) is 0 Å². The lowest BCUT2D eigenvalue weighted by Gasteiger charge is -2.41. The predicted octanol–water partition coefficient (Wildman–Crippen LogP) is 2.72. The van der Waals surface area contributed by atoms with Gasteiger partial charge in [0.25, 0.3) is 5.91 Å². The number of halogens is 2. The van der Waals surface area contributed by atoms with Crippen molar-refractivity contribution in [1.29, 1.82) is 0 Å². The number of hydrogen-bond acceptors (Lipinski definition) is 5. The van der Waals surface area contributed by atoms with Crippen LogP contribution >= 0.6 is 23.2 Å². The minimum absolute atomic E-state index is 0.0269. The fourth-order valence-corrected chi connectivity index (χ4v) is 5.17. The minimum Gasteiger partial charge on any atom is -0.451 e. The molecule has 6 nitrogen and oxygen atoms in total. The molecule has 3 fully saturated rings. The van der Waals surface area contributed by atoms with Gasteiger partial charge in [0.2, 0.25) is 0 Å². The van der Waals surface area contributed by atoms with Gasteiger partial charge in [-0.3, -0.25) is 15.0 Å². The summed E-state index contributed by atoms with van der Waals surface area (Å²) in [6.45, 7) is 0. The highest BCUT2D eigenvalue weighted by Gasteiger charge is 2.43. The first-order chi connectivity index (χ1) is 14.0. The maximum Gasteiger partial charge on any atom is 0.325 e. The van der Waals surface area contributed by atoms with Crippen LogP contribution in [0.3, 0.4) is 0 Å². The Morgan fingerprint density at radius 3 is 2.72 bits per heavy atom. The highest BCUT2D eigenvalue weighted by atomic mass is 35.5. The summed E-state index contributed by atoms with van der Waals surface area (Å²) in [5.74, 6) is -0.412. The van der Waals surface area contributed by atoms with E-state index in [0.29, 0.717) is 12.8 Å². The molecule has 29 heavy (non-hydrogen) atoms. The number of benzene rings is 1. The Labute approximate surface area is 181 Å². The molecule has 1 saturated carbocycles. The Balaban J connectivity index is 1.25. The molecule has 1 aromatic carbocycles. The van der Waals surface area contributed by atoms with Gasteiger partial charge in [0.1, 0.15) is 6.04 Å². The predicted molar refractivity (Wildman–Crippen MR) is 112 cm³/mol. The number of carbonyl (C=O) groups excluding carboxylic acids is 2. The van der Waals surface area contributed by atoms with Gasteiger partial charge in [0.15, 0.2) is 6.10 Å². The number of esters is 1. The van der Waals surface area contributed by atoms with E-state index < -0.39 is 12.1 Å². The van der Waals surface area contributed by atoms with E-state index in [2.05, 4.69) is 16.2 Å². The summed E-state index contributed by atoms with van der Waals surface area (Å²) < 4.78 is 5.58. The van der Waals surface area contributed by atoms with Crippen molar-refractivity contribution in [3.63, 3.8) is 0 Å². The van der Waals surface area contributed by atoms with Crippen molar-refractivity contribution in [3.8, 4) is 0 Å². The third kappa shape index (κ3) is 5.05. The Kier molecular flexibility index (Phi) is 6.64. The average molecular weight is 440 g/mol. The van der Waals surface area contributed by atoms with Crippen LogP contribution in [0.15, 0.2) is 24.3 Å². The number of fused-ring (bicyclic) bond motifs is 1. The van der Waals surface area contributed by atoms with Gasteiger partial charge in [-0.1, -0.05) is 23.7 Å². The molecule has 4 rings (SSSR count). The number of nitrogens with one attached hydrogen (secondary N) is 3. The summed E-state index contributed by atoms with van der Waals surface area (Å²) in [7, 11) is 0. The SMILES string of the molecule is O=C(OC1CC2C(Cl)CCCC2NC1=O)C1CC(CCc2ccc(Cl)cc2)NN1. The fraction of sp³-hybridized carbons (Fsp3) is 0.619. The summed E-state index contributed by atoms with van der Waals surface area (Å²) in [5, 5.41) is 3.75. The molecule has 1 aromatic rings. The van der Waals surface area contributed by atoms with Crippen LogP contribution in [0.1, 0.15) is 44.1 Å². The highest BCUT2D eigenvalue weighted by Crippen LogP contribution is 2.35. The molecule has 2 saturated heterocycles. The van der Waals surface area contributed by atoms with Gasteiger partial charge in [-0.2, -0.15) is 0 Å². The Morgan fingerprint density at radius 1 is 1.14 bits per heavy atom. The number of alkyl halides is 1. The zero-order valence-electron chi connectivity index (χ0n) is 16.2. The van der Waals surface area contributed by atoms with E-state index in [9.17, 15) is 9.59 Å². The second kappa shape index (κ2) is 9.21. The number of aryl methyl sites for hydroxylation is 1. The first kappa shape index (κ1) is 20.9. The standard InChI is InChI=1S/C21H27Cl2N3O3/c22-13-7-4-12(5-8-13)6-9-14-10-18(26-25-14)21(28)29-19-11-15-16(23)2-1-3-17(15)24-20(19)27/h4-5,7-8,14-19,25-26H,1-3,6,9-11H2,(H,24,27). The van der Waals surface area contributed by atoms with Gasteiger partial charge < -0.3 is 10.1 Å². The summed E-state index contributed by atoms with van der Waals surface area (Å²) in [6.07, 6.45) is 5.09. The van der Waals surface area contributed by atoms with Crippen LogP contribution in [-0.4, -0.2) is 41.5 Å². The third-order valence-corrected chi connectivity index (χ3v) is 7.10. The lowest BCUT2D eigenvalue weighted by Crippen LogP contribution is -2.57. The van der Waals surface area contributed by atoms with Gasteiger partial charge in [-0.15, -0.1) is 11.6 Å². The lowest BCUT2D eigenvalue weighted by atomic mass is 9.78. The molecule has 6 unspecified atom stereocenters. The van der Waals surface area contributed by atoms with Gasteiger partial charge in [-0.25, -0.2) is 5.43 Å². The van der Waals surface area contributed by atoms with Crippen LogP contribution in [0, 0.1) is 5.92 Å². The molecule has 1 aliphatic carbocycles. The minimum atomic E-state index is -0.752. The number of amides is 1. The maximum absolute atomic E-state index is 12.6. The monoisotopic (exact) mass is 439 g/mol. The summed E-state index contributed by atoms with van der Waals surface area (Å²) >= 11 is 12.4. The summed E-state index contributed by atoms with van der Waals surface area (Å²) in [6, 6.07) is 7.62. The Morgan fingerprint density at radius 2 is 1.93 bits per heavy atom. The Hall–Kier alpha value is -1.34. The number of ether oxygens (including phenoxy) is 1. The van der Waals surface area contributed by atoms with Crippen LogP contribution in [-0.2, 0) is 20.7 Å². The lowest BCUT2D eigenvalue weighted by molar-refractivity contribution is -0.161. The van der Waals surface area contributed by atoms with E-state index in [0.717, 1.165) is 37.1 Å². The van der Waals surface area contributed by atoms with Crippen molar-refractivity contribution >= 4 is 35.1 Å². The third-order valence-electron chi connectivity index (χ3n) is 6.30. The first-order valence-electron chi connectivity index (χ1n) is 10.4. The summed E-state index contributed by atoms with van der Waals surface area (Å²) in [5.41, 5.74) is 7.40. The van der Waals surface area contributed by atoms with Crippen LogP contribution in [0.2, 0.25) is 5.02 Å². The van der Waals surface area contributed by atoms with Crippen molar-refractivity contribution in [2.75, 3.05) is 0 Å². The molecule has 0 radical (unpaired) electrons. The molecular weight excluding hydrogens is 413 g/mol. The molecule has 0 bridgehead atoms. The number of rotatable bonds is 5. The van der Waals surface area contributed by atoms with Crippen molar-refractivity contribution in [2.45, 2.75) is 74.6 Å². The average Bonchev–Trinajstić information content (AvgIpc) is 3.18. The molecular formula is C21H27Cl2N3O3. The number of hydrogen-bond donors (Lipinski definition) is 3. The molecule has 3 N–H and O–H groups in total. The second-order valence-electron chi connectivity index (χ2n) is 8.33. The van der Waals surface area contributed by atoms with Crippen molar-refractivity contribution in [2.24, 2.45) is 5.92 Å². The topological polar surface area (TPSA) is 79.5 Å². The normalized spacial score (nSPS) is 34.3. The van der Waals surface area contributed by atoms with E-state index >= 15 is 0 Å². The maximum atomic E-state index is 12.6. The molecule has 3 aliphatic rings. The highest BCUT2D eigenvalue weighted by molar-refractivity contribution is 6.30. The molecule has 0 aromatic heterocycles. The fourth-order valence-electron chi connectivity index (χ4n) is 4.62. The molecule has 1 amide bonds. The number of carbonyl (C=O) groups is 2. The largest absolute Gasteiger partial charge is 0.451 e. The van der Waals surface area contributed by atoms with Gasteiger partial charge in [0, 0.05) is 22.5 Å². The van der Waals surface area contributed by atoms with E-state index in [4.69, 9.17) is 27.9 Å².